The average molecular weight is 420 g/mol. The number of anilines is 1. The first-order valence-electron chi connectivity index (χ1n) is 8.85. The van der Waals surface area contributed by atoms with Gasteiger partial charge in [0.05, 0.1) is 17.3 Å². The van der Waals surface area contributed by atoms with E-state index in [9.17, 15) is 9.18 Å². The summed E-state index contributed by atoms with van der Waals surface area (Å²) in [5.74, 6) is 0.424. The monoisotopic (exact) mass is 419 g/mol. The zero-order valence-corrected chi connectivity index (χ0v) is 16.4. The van der Waals surface area contributed by atoms with Gasteiger partial charge in [0.25, 0.3) is 0 Å². The minimum absolute atomic E-state index is 0.120. The highest BCUT2D eigenvalue weighted by Crippen LogP contribution is 2.33. The van der Waals surface area contributed by atoms with Gasteiger partial charge in [0, 0.05) is 25.5 Å². The molecule has 1 aromatic heterocycles. The number of rotatable bonds is 9. The van der Waals surface area contributed by atoms with E-state index in [0.29, 0.717) is 47.0 Å². The van der Waals surface area contributed by atoms with Crippen molar-refractivity contribution in [3.8, 4) is 17.1 Å². The number of halogens is 2. The third-order valence-corrected chi connectivity index (χ3v) is 4.21. The maximum Gasteiger partial charge on any atom is 0.227 e. The van der Waals surface area contributed by atoms with Gasteiger partial charge in [-0.15, -0.1) is 0 Å². The van der Waals surface area contributed by atoms with Gasteiger partial charge in [-0.3, -0.25) is 4.79 Å². The number of carbonyl (C=O) groups excluding carboxylic acids is 1. The van der Waals surface area contributed by atoms with Gasteiger partial charge in [0.2, 0.25) is 17.6 Å². The lowest BCUT2D eigenvalue weighted by Gasteiger charge is -2.13. The van der Waals surface area contributed by atoms with E-state index < -0.39 is 0 Å². The Labute approximate surface area is 171 Å². The summed E-state index contributed by atoms with van der Waals surface area (Å²) in [5.41, 5.74) is 1.10. The Bertz CT molecular complexity index is 963. The van der Waals surface area contributed by atoms with Crippen molar-refractivity contribution < 1.29 is 23.2 Å². The Hall–Kier alpha value is -2.97. The fourth-order valence-corrected chi connectivity index (χ4v) is 2.72. The summed E-state index contributed by atoms with van der Waals surface area (Å²) in [6.45, 7) is 0.698. The van der Waals surface area contributed by atoms with Crippen LogP contribution < -0.4 is 10.1 Å². The first-order valence-corrected chi connectivity index (χ1v) is 9.23. The van der Waals surface area contributed by atoms with Gasteiger partial charge in [-0.05, 0) is 36.4 Å². The zero-order chi connectivity index (χ0) is 20.6. The summed E-state index contributed by atoms with van der Waals surface area (Å²) in [7, 11) is 1.57. The minimum Gasteiger partial charge on any atom is -0.487 e. The maximum atomic E-state index is 13.0. The van der Waals surface area contributed by atoms with Crippen LogP contribution in [0.3, 0.4) is 0 Å². The molecule has 0 atom stereocenters. The van der Waals surface area contributed by atoms with E-state index in [1.807, 2.05) is 0 Å². The van der Waals surface area contributed by atoms with Crippen LogP contribution in [0, 0.1) is 5.82 Å². The second-order valence-electron chi connectivity index (χ2n) is 6.02. The van der Waals surface area contributed by atoms with E-state index in [4.69, 9.17) is 25.6 Å². The summed E-state index contributed by atoms with van der Waals surface area (Å²) in [6.07, 6.45) is 0.371. The van der Waals surface area contributed by atoms with Crippen molar-refractivity contribution in [2.45, 2.75) is 12.8 Å². The number of benzene rings is 2. The first kappa shape index (κ1) is 20.8. The van der Waals surface area contributed by atoms with Crippen LogP contribution in [-0.4, -0.2) is 36.4 Å². The number of aromatic nitrogens is 2. The SMILES string of the molecule is COCCOc1c(Cl)cccc1NC(=O)CCc1nc(-c2ccc(F)cc2)no1. The van der Waals surface area contributed by atoms with Crippen LogP contribution in [0.25, 0.3) is 11.4 Å². The summed E-state index contributed by atoms with van der Waals surface area (Å²) in [6, 6.07) is 10.8. The van der Waals surface area contributed by atoms with Gasteiger partial charge in [-0.2, -0.15) is 4.98 Å². The van der Waals surface area contributed by atoms with Crippen LogP contribution in [0.4, 0.5) is 10.1 Å². The van der Waals surface area contributed by atoms with Crippen molar-refractivity contribution in [1.82, 2.24) is 10.1 Å². The van der Waals surface area contributed by atoms with Crippen LogP contribution in [0.2, 0.25) is 5.02 Å². The quantitative estimate of drug-likeness (QED) is 0.525. The van der Waals surface area contributed by atoms with Gasteiger partial charge >= 0.3 is 0 Å². The lowest BCUT2D eigenvalue weighted by Crippen LogP contribution is -2.14. The van der Waals surface area contributed by atoms with Crippen molar-refractivity contribution in [2.75, 3.05) is 25.6 Å². The molecule has 9 heteroatoms. The number of hydrogen-bond donors (Lipinski definition) is 1. The van der Waals surface area contributed by atoms with Gasteiger partial charge in [0.1, 0.15) is 12.4 Å². The number of hydrogen-bond acceptors (Lipinski definition) is 6. The molecule has 0 aliphatic rings. The number of nitrogens with zero attached hydrogens (tertiary/aromatic N) is 2. The molecule has 1 amide bonds. The van der Waals surface area contributed by atoms with Gasteiger partial charge < -0.3 is 19.3 Å². The number of aryl methyl sites for hydroxylation is 1. The normalized spacial score (nSPS) is 10.7. The number of para-hydroxylation sites is 1. The molecular formula is C20H19ClFN3O4. The highest BCUT2D eigenvalue weighted by atomic mass is 35.5. The smallest absolute Gasteiger partial charge is 0.227 e. The highest BCUT2D eigenvalue weighted by Gasteiger charge is 2.14. The fourth-order valence-electron chi connectivity index (χ4n) is 2.49. The molecule has 0 bridgehead atoms. The molecule has 0 aliphatic carbocycles. The van der Waals surface area contributed by atoms with Gasteiger partial charge in [-0.1, -0.05) is 22.8 Å². The molecule has 1 N–H and O–H groups in total. The third kappa shape index (κ3) is 5.75. The highest BCUT2D eigenvalue weighted by molar-refractivity contribution is 6.32. The fraction of sp³-hybridized carbons (Fsp3) is 0.250. The van der Waals surface area contributed by atoms with Crippen LogP contribution in [0.1, 0.15) is 12.3 Å². The Balaban J connectivity index is 1.58. The van der Waals surface area contributed by atoms with Crippen molar-refractivity contribution in [2.24, 2.45) is 0 Å². The zero-order valence-electron chi connectivity index (χ0n) is 15.7. The summed E-state index contributed by atoms with van der Waals surface area (Å²) >= 11 is 6.16. The average Bonchev–Trinajstić information content (AvgIpc) is 3.18. The molecule has 1 heterocycles. The number of methoxy groups -OCH3 is 1. The van der Waals surface area contributed by atoms with Gasteiger partial charge in [0.15, 0.2) is 5.75 Å². The molecule has 0 fully saturated rings. The Morgan fingerprint density at radius 2 is 2.00 bits per heavy atom. The van der Waals surface area contributed by atoms with E-state index in [-0.39, 0.29) is 24.6 Å². The molecule has 3 rings (SSSR count). The molecule has 0 unspecified atom stereocenters. The molecule has 152 valence electrons. The molecule has 0 spiro atoms. The van der Waals surface area contributed by atoms with Crippen molar-refractivity contribution in [1.29, 1.82) is 0 Å². The van der Waals surface area contributed by atoms with Crippen molar-refractivity contribution >= 4 is 23.2 Å². The first-order chi connectivity index (χ1) is 14.1. The van der Waals surface area contributed by atoms with Crippen LogP contribution in [0.5, 0.6) is 5.75 Å². The Morgan fingerprint density at radius 3 is 2.76 bits per heavy atom. The standard InChI is InChI=1S/C20H19ClFN3O4/c1-27-11-12-28-19-15(21)3-2-4-16(19)23-17(26)9-10-18-24-20(25-29-18)13-5-7-14(22)8-6-13/h2-8H,9-12H2,1H3,(H,23,26). The van der Waals surface area contributed by atoms with Crippen LogP contribution in [0.15, 0.2) is 47.0 Å². The molecule has 0 saturated heterocycles. The second kappa shape index (κ2) is 9.99. The molecule has 0 aliphatic heterocycles. The van der Waals surface area contributed by atoms with Crippen molar-refractivity contribution in [3.63, 3.8) is 0 Å². The lowest BCUT2D eigenvalue weighted by molar-refractivity contribution is -0.116. The second-order valence-corrected chi connectivity index (χ2v) is 6.43. The maximum absolute atomic E-state index is 13.0. The summed E-state index contributed by atoms with van der Waals surface area (Å²) < 4.78 is 28.7. The predicted octanol–water partition coefficient (Wildman–Crippen LogP) is 4.13. The van der Waals surface area contributed by atoms with Crippen LogP contribution in [-0.2, 0) is 16.0 Å². The largest absolute Gasteiger partial charge is 0.487 e. The van der Waals surface area contributed by atoms with Crippen molar-refractivity contribution in [3.05, 3.63) is 59.2 Å². The minimum atomic E-state index is -0.347. The number of amides is 1. The van der Waals surface area contributed by atoms with Crippen LogP contribution >= 0.6 is 11.6 Å². The van der Waals surface area contributed by atoms with E-state index in [1.54, 1.807) is 37.4 Å². The number of carbonyl (C=O) groups is 1. The lowest BCUT2D eigenvalue weighted by atomic mass is 10.2. The third-order valence-electron chi connectivity index (χ3n) is 3.91. The Kier molecular flexibility index (Phi) is 7.15. The van der Waals surface area contributed by atoms with E-state index in [0.717, 1.165) is 0 Å². The molecule has 3 aromatic rings. The van der Waals surface area contributed by atoms with E-state index in [2.05, 4.69) is 15.5 Å². The predicted molar refractivity (Wildman–Crippen MR) is 105 cm³/mol. The molecule has 29 heavy (non-hydrogen) atoms. The summed E-state index contributed by atoms with van der Waals surface area (Å²) in [4.78, 5) is 16.6. The Morgan fingerprint density at radius 1 is 1.21 bits per heavy atom. The number of nitrogens with one attached hydrogen (secondary N) is 1. The molecular weight excluding hydrogens is 401 g/mol. The molecule has 2 aromatic carbocycles. The molecule has 7 nitrogen and oxygen atoms in total. The number of ether oxygens (including phenoxy) is 2. The summed E-state index contributed by atoms with van der Waals surface area (Å²) in [5, 5.41) is 7.02. The molecule has 0 radical (unpaired) electrons. The van der Waals surface area contributed by atoms with Gasteiger partial charge in [-0.25, -0.2) is 4.39 Å². The topological polar surface area (TPSA) is 86.5 Å². The van der Waals surface area contributed by atoms with E-state index in [1.165, 1.54) is 12.1 Å². The van der Waals surface area contributed by atoms with E-state index >= 15 is 0 Å². The molecule has 0 saturated carbocycles.